The van der Waals surface area contributed by atoms with Gasteiger partial charge in [-0.25, -0.2) is 4.90 Å². The van der Waals surface area contributed by atoms with Gasteiger partial charge in [0, 0.05) is 12.8 Å². The van der Waals surface area contributed by atoms with E-state index in [4.69, 9.17) is 11.5 Å². The molecule has 0 saturated heterocycles. The van der Waals surface area contributed by atoms with Crippen LogP contribution in [0.15, 0.2) is 0 Å². The number of rotatable bonds is 31. The van der Waals surface area contributed by atoms with Crippen molar-refractivity contribution in [2.45, 2.75) is 206 Å². The van der Waals surface area contributed by atoms with Gasteiger partial charge in [-0.15, -0.1) is 0 Å². The fourth-order valence-corrected chi connectivity index (χ4v) is 5.67. The highest BCUT2D eigenvalue weighted by Gasteiger charge is 2.32. The Morgan fingerprint density at radius 2 is 0.721 bits per heavy atom. The molecule has 4 N–H and O–H groups in total. The molecule has 0 unspecified atom stereocenters. The Balaban J connectivity index is 4.27. The van der Waals surface area contributed by atoms with E-state index in [1.807, 2.05) is 0 Å². The summed E-state index contributed by atoms with van der Waals surface area (Å²) >= 11 is 0. The van der Waals surface area contributed by atoms with E-state index in [2.05, 4.69) is 13.8 Å². The van der Waals surface area contributed by atoms with E-state index >= 15 is 0 Å². The second kappa shape index (κ2) is 30.3. The molecule has 0 fully saturated rings. The normalized spacial score (nSPS) is 11.9. The van der Waals surface area contributed by atoms with Crippen LogP contribution in [-0.4, -0.2) is 34.6 Å². The first-order chi connectivity index (χ1) is 20.8. The predicted octanol–water partition coefficient (Wildman–Crippen LogP) is 9.03. The van der Waals surface area contributed by atoms with Crippen LogP contribution in [0.25, 0.3) is 0 Å². The third kappa shape index (κ3) is 25.3. The van der Waals surface area contributed by atoms with Crippen LogP contribution in [0.4, 0.5) is 0 Å². The van der Waals surface area contributed by atoms with Gasteiger partial charge in [0.15, 0.2) is 0 Å². The highest BCUT2D eigenvalue weighted by atomic mass is 16.2. The van der Waals surface area contributed by atoms with E-state index in [9.17, 15) is 19.2 Å². The average Bonchev–Trinajstić information content (AvgIpc) is 2.97. The van der Waals surface area contributed by atoms with Gasteiger partial charge in [0.2, 0.25) is 17.7 Å². The lowest BCUT2D eigenvalue weighted by Crippen LogP contribution is -2.50. The maximum atomic E-state index is 13.0. The summed E-state index contributed by atoms with van der Waals surface area (Å²) in [5.74, 6) is -2.55. The Hall–Kier alpha value is -1.76. The summed E-state index contributed by atoms with van der Waals surface area (Å²) in [7, 11) is 0. The van der Waals surface area contributed by atoms with E-state index < -0.39 is 29.7 Å². The molecule has 0 aromatic rings. The third-order valence-electron chi connectivity index (χ3n) is 8.45. The average molecular weight is 608 g/mol. The van der Waals surface area contributed by atoms with Crippen LogP contribution in [0.1, 0.15) is 200 Å². The first kappa shape index (κ1) is 41.2. The van der Waals surface area contributed by atoms with Crippen molar-refractivity contribution in [3.8, 4) is 0 Å². The maximum absolute atomic E-state index is 13.0. The van der Waals surface area contributed by atoms with Crippen molar-refractivity contribution >= 4 is 23.6 Å². The molecule has 0 saturated carbocycles. The number of carbonyl (C=O) groups is 4. The number of amides is 4. The Labute approximate surface area is 265 Å². The monoisotopic (exact) mass is 608 g/mol. The third-order valence-corrected chi connectivity index (χ3v) is 8.45. The predicted molar refractivity (Wildman–Crippen MR) is 179 cm³/mol. The molecule has 252 valence electrons. The molecule has 0 radical (unpaired) electrons. The van der Waals surface area contributed by atoms with E-state index in [0.717, 1.165) is 38.5 Å². The zero-order valence-corrected chi connectivity index (χ0v) is 28.3. The summed E-state index contributed by atoms with van der Waals surface area (Å²) in [5.41, 5.74) is 11.1. The highest BCUT2D eigenvalue weighted by molar-refractivity contribution is 6.12. The van der Waals surface area contributed by atoms with E-state index in [1.165, 1.54) is 116 Å². The van der Waals surface area contributed by atoms with Gasteiger partial charge in [-0.05, 0) is 12.8 Å². The lowest BCUT2D eigenvalue weighted by atomic mass is 10.0. The number of nitrogens with zero attached hydrogens (tertiary/aromatic N) is 1. The molecular formula is C36H69N3O4. The summed E-state index contributed by atoms with van der Waals surface area (Å²) in [6.07, 6.45) is 31.0. The minimum Gasteiger partial charge on any atom is -0.370 e. The van der Waals surface area contributed by atoms with Gasteiger partial charge >= 0.3 is 0 Å². The van der Waals surface area contributed by atoms with Crippen LogP contribution in [0, 0.1) is 0 Å². The highest BCUT2D eigenvalue weighted by Crippen LogP contribution is 2.16. The molecule has 0 aliphatic heterocycles. The second-order valence-electron chi connectivity index (χ2n) is 12.7. The fourth-order valence-electron chi connectivity index (χ4n) is 5.67. The van der Waals surface area contributed by atoms with E-state index in [0.29, 0.717) is 17.7 Å². The molecule has 0 aromatic carbocycles. The SMILES string of the molecule is CCCCCCCCCCCCCCCC(=O)N(C(=O)CCCCCCCCCCCCCCC)C(=O)[C@@H](N)CC(N)=O. The minimum atomic E-state index is -1.27. The van der Waals surface area contributed by atoms with Gasteiger partial charge in [0.25, 0.3) is 5.91 Å². The summed E-state index contributed by atoms with van der Waals surface area (Å²) in [5, 5.41) is 0. The van der Waals surface area contributed by atoms with Crippen molar-refractivity contribution < 1.29 is 19.2 Å². The Bertz CT molecular complexity index is 671. The minimum absolute atomic E-state index is 0.136. The smallest absolute Gasteiger partial charge is 0.253 e. The number of hydrogen-bond acceptors (Lipinski definition) is 5. The topological polar surface area (TPSA) is 124 Å². The van der Waals surface area contributed by atoms with Crippen LogP contribution in [0.5, 0.6) is 0 Å². The number of carbonyl (C=O) groups excluding carboxylic acids is 4. The summed E-state index contributed by atoms with van der Waals surface area (Å²) in [6, 6.07) is -1.27. The molecule has 0 aliphatic rings. The molecule has 4 amide bonds. The fraction of sp³-hybridized carbons (Fsp3) is 0.889. The Morgan fingerprint density at radius 1 is 0.465 bits per heavy atom. The Kier molecular flexibility index (Phi) is 29.0. The molecule has 7 heteroatoms. The second-order valence-corrected chi connectivity index (χ2v) is 12.7. The van der Waals surface area contributed by atoms with Crippen molar-refractivity contribution in [3.05, 3.63) is 0 Å². The number of nitrogens with two attached hydrogens (primary N) is 2. The van der Waals surface area contributed by atoms with Gasteiger partial charge in [-0.2, -0.15) is 0 Å². The van der Waals surface area contributed by atoms with Crippen LogP contribution < -0.4 is 11.5 Å². The number of primary amides is 1. The van der Waals surface area contributed by atoms with Crippen LogP contribution in [0.3, 0.4) is 0 Å². The van der Waals surface area contributed by atoms with Crippen molar-refractivity contribution in [2.24, 2.45) is 11.5 Å². The molecule has 0 aromatic heterocycles. The molecular weight excluding hydrogens is 538 g/mol. The van der Waals surface area contributed by atoms with Gasteiger partial charge in [-0.3, -0.25) is 19.2 Å². The molecule has 0 heterocycles. The molecule has 0 spiro atoms. The number of imide groups is 3. The molecule has 0 rings (SSSR count). The summed E-state index contributed by atoms with van der Waals surface area (Å²) in [6.45, 7) is 4.49. The zero-order valence-electron chi connectivity index (χ0n) is 28.3. The largest absolute Gasteiger partial charge is 0.370 e. The first-order valence-electron chi connectivity index (χ1n) is 18.3. The lowest BCUT2D eigenvalue weighted by Gasteiger charge is -2.22. The molecule has 43 heavy (non-hydrogen) atoms. The number of hydrogen-bond donors (Lipinski definition) is 2. The van der Waals surface area contributed by atoms with Crippen LogP contribution in [0.2, 0.25) is 0 Å². The quantitative estimate of drug-likeness (QED) is 0.0761. The summed E-state index contributed by atoms with van der Waals surface area (Å²) < 4.78 is 0. The van der Waals surface area contributed by atoms with Crippen LogP contribution >= 0.6 is 0 Å². The van der Waals surface area contributed by atoms with Crippen molar-refractivity contribution in [1.29, 1.82) is 0 Å². The molecule has 1 atom stereocenters. The standard InChI is InChI=1S/C36H69N3O4/c1-3-5-7-9-11-13-15-17-19-21-23-25-27-29-34(41)39(36(43)32(37)31-33(38)40)35(42)30-28-26-24-22-20-18-16-14-12-10-8-6-4-2/h32H,3-31,37H2,1-2H3,(H2,38,40)/t32-/m0/s1. The molecule has 0 bridgehead atoms. The maximum Gasteiger partial charge on any atom is 0.253 e. The number of unbranched alkanes of at least 4 members (excludes halogenated alkanes) is 24. The summed E-state index contributed by atoms with van der Waals surface area (Å²) in [4.78, 5) is 50.8. The van der Waals surface area contributed by atoms with E-state index in [-0.39, 0.29) is 19.3 Å². The Morgan fingerprint density at radius 3 is 0.977 bits per heavy atom. The van der Waals surface area contributed by atoms with Gasteiger partial charge < -0.3 is 11.5 Å². The van der Waals surface area contributed by atoms with Gasteiger partial charge in [-0.1, -0.05) is 168 Å². The van der Waals surface area contributed by atoms with Gasteiger partial charge in [0.05, 0.1) is 12.5 Å². The first-order valence-corrected chi connectivity index (χ1v) is 18.3. The molecule has 0 aliphatic carbocycles. The van der Waals surface area contributed by atoms with E-state index in [1.54, 1.807) is 0 Å². The van der Waals surface area contributed by atoms with Crippen LogP contribution in [-0.2, 0) is 19.2 Å². The van der Waals surface area contributed by atoms with Gasteiger partial charge in [0.1, 0.15) is 0 Å². The molecule has 7 nitrogen and oxygen atoms in total. The van der Waals surface area contributed by atoms with Crippen molar-refractivity contribution in [2.75, 3.05) is 0 Å². The van der Waals surface area contributed by atoms with Crippen molar-refractivity contribution in [3.63, 3.8) is 0 Å². The zero-order chi connectivity index (χ0) is 32.0. The lowest BCUT2D eigenvalue weighted by molar-refractivity contribution is -0.155. The van der Waals surface area contributed by atoms with Crippen molar-refractivity contribution in [1.82, 2.24) is 4.90 Å².